The van der Waals surface area contributed by atoms with E-state index in [-0.39, 0.29) is 36.5 Å². The maximum atomic E-state index is 13.4. The van der Waals surface area contributed by atoms with Crippen molar-refractivity contribution >= 4 is 35.5 Å². The van der Waals surface area contributed by atoms with Gasteiger partial charge in [-0.1, -0.05) is 60.8 Å². The van der Waals surface area contributed by atoms with Crippen molar-refractivity contribution in [3.05, 3.63) is 0 Å². The molecule has 212 valence electrons. The first kappa shape index (κ1) is 33.8. The van der Waals surface area contributed by atoms with E-state index in [2.05, 4.69) is 21.3 Å². The number of hydrogen-bond donors (Lipinski definition) is 6. The summed E-state index contributed by atoms with van der Waals surface area (Å²) in [5, 5.41) is 19.4. The molecular formula is C25H45N5O7. The molecule has 0 heterocycles. The number of carbonyl (C=O) groups excluding carboxylic acids is 5. The normalized spacial score (nSPS) is 16.6. The van der Waals surface area contributed by atoms with Crippen LogP contribution >= 0.6 is 0 Å². The lowest BCUT2D eigenvalue weighted by Gasteiger charge is -2.31. The molecule has 0 bridgehead atoms. The van der Waals surface area contributed by atoms with Crippen molar-refractivity contribution in [2.75, 3.05) is 0 Å². The first-order valence-corrected chi connectivity index (χ1v) is 12.9. The number of carbonyl (C=O) groups is 6. The molecule has 0 radical (unpaired) electrons. The van der Waals surface area contributed by atoms with Crippen molar-refractivity contribution in [2.24, 2.45) is 23.5 Å². The molecule has 0 aliphatic rings. The Kier molecular flexibility index (Phi) is 15.1. The van der Waals surface area contributed by atoms with Crippen molar-refractivity contribution in [2.45, 2.75) is 105 Å². The van der Waals surface area contributed by atoms with Crippen molar-refractivity contribution in [1.29, 1.82) is 0 Å². The third-order valence-electron chi connectivity index (χ3n) is 6.75. The second-order valence-corrected chi connectivity index (χ2v) is 9.70. The van der Waals surface area contributed by atoms with Crippen molar-refractivity contribution in [1.82, 2.24) is 21.3 Å². The molecule has 0 saturated heterocycles. The molecule has 0 rings (SSSR count). The van der Waals surface area contributed by atoms with Gasteiger partial charge in [0.2, 0.25) is 29.5 Å². The Morgan fingerprint density at radius 1 is 0.676 bits per heavy atom. The van der Waals surface area contributed by atoms with Gasteiger partial charge in [-0.15, -0.1) is 0 Å². The summed E-state index contributed by atoms with van der Waals surface area (Å²) in [6, 6.07) is -4.10. The monoisotopic (exact) mass is 527 g/mol. The quantitative estimate of drug-likeness (QED) is 0.158. The Balaban J connectivity index is 5.84. The number of nitrogens with one attached hydrogen (secondary N) is 4. The Morgan fingerprint density at radius 2 is 1.03 bits per heavy atom. The van der Waals surface area contributed by atoms with Crippen LogP contribution in [-0.4, -0.2) is 64.8 Å². The van der Waals surface area contributed by atoms with Gasteiger partial charge in [-0.25, -0.2) is 0 Å². The summed E-state index contributed by atoms with van der Waals surface area (Å²) in [7, 11) is 0. The van der Waals surface area contributed by atoms with Gasteiger partial charge in [0.05, 0.1) is 0 Å². The van der Waals surface area contributed by atoms with Crippen LogP contribution in [0.3, 0.4) is 0 Å². The Labute approximate surface area is 219 Å². The number of nitrogens with two attached hydrogens (primary N) is 1. The molecule has 0 aliphatic heterocycles. The maximum Gasteiger partial charge on any atom is 0.303 e. The highest BCUT2D eigenvalue weighted by atomic mass is 16.4. The van der Waals surface area contributed by atoms with Crippen LogP contribution in [0.1, 0.15) is 80.6 Å². The molecule has 37 heavy (non-hydrogen) atoms. The summed E-state index contributed by atoms with van der Waals surface area (Å²) in [5.74, 6) is -5.00. The summed E-state index contributed by atoms with van der Waals surface area (Å²) in [6.07, 6.45) is 1.11. The SMILES string of the molecule is CC[C@H](C)[C@H](NC(C)=O)C(=O)N[C@H](C(=O)N[C@H](C(=O)N[C@@H](CCC(=O)O)C(N)=O)[C@@H](C)CC)[C@@H](C)CC. The number of primary amides is 1. The topological polar surface area (TPSA) is 197 Å². The minimum Gasteiger partial charge on any atom is -0.481 e. The smallest absolute Gasteiger partial charge is 0.303 e. The average Bonchev–Trinajstić information content (AvgIpc) is 2.84. The Morgan fingerprint density at radius 3 is 1.32 bits per heavy atom. The van der Waals surface area contributed by atoms with E-state index < -0.39 is 53.8 Å². The molecule has 0 fully saturated rings. The van der Waals surface area contributed by atoms with Crippen LogP contribution in [0.25, 0.3) is 0 Å². The lowest BCUT2D eigenvalue weighted by Crippen LogP contribution is -2.61. The summed E-state index contributed by atoms with van der Waals surface area (Å²) in [4.78, 5) is 73.8. The largest absolute Gasteiger partial charge is 0.481 e. The zero-order valence-electron chi connectivity index (χ0n) is 23.1. The molecular weight excluding hydrogens is 482 g/mol. The molecule has 7 atom stereocenters. The minimum atomic E-state index is -1.22. The highest BCUT2D eigenvalue weighted by Gasteiger charge is 2.35. The molecule has 0 aromatic carbocycles. The van der Waals surface area contributed by atoms with Gasteiger partial charge in [-0.3, -0.25) is 28.8 Å². The van der Waals surface area contributed by atoms with E-state index in [0.717, 1.165) is 0 Å². The van der Waals surface area contributed by atoms with Gasteiger partial charge < -0.3 is 32.1 Å². The predicted molar refractivity (Wildman–Crippen MR) is 138 cm³/mol. The maximum absolute atomic E-state index is 13.4. The predicted octanol–water partition coefficient (Wildman–Crippen LogP) is 0.434. The third kappa shape index (κ3) is 11.6. The van der Waals surface area contributed by atoms with Crippen molar-refractivity contribution < 1.29 is 33.9 Å². The summed E-state index contributed by atoms with van der Waals surface area (Å²) >= 11 is 0. The molecule has 12 heteroatoms. The fourth-order valence-electron chi connectivity index (χ4n) is 3.63. The summed E-state index contributed by atoms with van der Waals surface area (Å²) in [6.45, 7) is 12.2. The highest BCUT2D eigenvalue weighted by Crippen LogP contribution is 2.15. The van der Waals surface area contributed by atoms with Gasteiger partial charge in [0, 0.05) is 13.3 Å². The minimum absolute atomic E-state index is 0.181. The zero-order chi connectivity index (χ0) is 28.9. The van der Waals surface area contributed by atoms with E-state index in [1.807, 2.05) is 27.7 Å². The number of aliphatic carboxylic acids is 1. The van der Waals surface area contributed by atoms with E-state index in [1.54, 1.807) is 13.8 Å². The molecule has 12 nitrogen and oxygen atoms in total. The Hall–Kier alpha value is -3.18. The fourth-order valence-corrected chi connectivity index (χ4v) is 3.63. The van der Waals surface area contributed by atoms with Crippen LogP contribution in [0.4, 0.5) is 0 Å². The first-order valence-electron chi connectivity index (χ1n) is 12.9. The van der Waals surface area contributed by atoms with E-state index in [1.165, 1.54) is 6.92 Å². The van der Waals surface area contributed by atoms with E-state index in [0.29, 0.717) is 19.3 Å². The standard InChI is InChI=1S/C25H45N5O7/c1-8-13(4)19(27-16(7)31)24(36)30-21(15(6)10-3)25(37)29-20(14(5)9-2)23(35)28-17(22(26)34)11-12-18(32)33/h13-15,17,19-21H,8-12H2,1-7H3,(H2,26,34)(H,27,31)(H,28,35)(H,29,37)(H,30,36)(H,32,33)/t13-,14-,15-,17-,19-,20-,21-/m0/s1. The van der Waals surface area contributed by atoms with E-state index in [4.69, 9.17) is 10.8 Å². The van der Waals surface area contributed by atoms with Crippen LogP contribution < -0.4 is 27.0 Å². The number of carboxylic acids is 1. The summed E-state index contributed by atoms with van der Waals surface area (Å²) < 4.78 is 0. The highest BCUT2D eigenvalue weighted by molar-refractivity contribution is 5.95. The lowest BCUT2D eigenvalue weighted by atomic mass is 9.93. The van der Waals surface area contributed by atoms with Gasteiger partial charge in [0.1, 0.15) is 24.2 Å². The Bertz CT molecular complexity index is 819. The van der Waals surface area contributed by atoms with Crippen LogP contribution in [0, 0.1) is 17.8 Å². The first-order chi connectivity index (χ1) is 17.2. The second kappa shape index (κ2) is 16.5. The molecule has 0 aromatic rings. The number of carboxylic acid groups (broad SMARTS) is 1. The number of hydrogen-bond acceptors (Lipinski definition) is 6. The van der Waals surface area contributed by atoms with Gasteiger partial charge >= 0.3 is 5.97 Å². The molecule has 0 aliphatic carbocycles. The lowest BCUT2D eigenvalue weighted by molar-refractivity contribution is -0.138. The molecule has 7 N–H and O–H groups in total. The molecule has 0 aromatic heterocycles. The fraction of sp³-hybridized carbons (Fsp3) is 0.760. The number of rotatable bonds is 17. The van der Waals surface area contributed by atoms with E-state index >= 15 is 0 Å². The summed E-state index contributed by atoms with van der Waals surface area (Å²) in [5.41, 5.74) is 5.33. The molecule has 0 saturated carbocycles. The number of amides is 5. The third-order valence-corrected chi connectivity index (χ3v) is 6.75. The molecule has 0 unspecified atom stereocenters. The second-order valence-electron chi connectivity index (χ2n) is 9.70. The van der Waals surface area contributed by atoms with Crippen LogP contribution in [0.5, 0.6) is 0 Å². The van der Waals surface area contributed by atoms with Crippen molar-refractivity contribution in [3.63, 3.8) is 0 Å². The van der Waals surface area contributed by atoms with Crippen LogP contribution in [-0.2, 0) is 28.8 Å². The van der Waals surface area contributed by atoms with Gasteiger partial charge in [-0.05, 0) is 24.2 Å². The van der Waals surface area contributed by atoms with Crippen molar-refractivity contribution in [3.8, 4) is 0 Å². The molecule has 5 amide bonds. The van der Waals surface area contributed by atoms with Crippen LogP contribution in [0.2, 0.25) is 0 Å². The van der Waals surface area contributed by atoms with E-state index in [9.17, 15) is 28.8 Å². The molecule has 0 spiro atoms. The van der Waals surface area contributed by atoms with Crippen LogP contribution in [0.15, 0.2) is 0 Å². The van der Waals surface area contributed by atoms with Gasteiger partial charge in [-0.2, -0.15) is 0 Å². The zero-order valence-corrected chi connectivity index (χ0v) is 23.1. The average molecular weight is 528 g/mol. The van der Waals surface area contributed by atoms with Gasteiger partial charge in [0.25, 0.3) is 0 Å². The van der Waals surface area contributed by atoms with Gasteiger partial charge in [0.15, 0.2) is 0 Å².